The second kappa shape index (κ2) is 8.94. The SMILES string of the molecule is C[Si](C)(C)C1C=C(B2Oc3ccccc3O2)C=C1[Si](C)(C)C1([Si](C)(C)C)C=CC(B2Oc3ccccc3O2)=C1. The van der Waals surface area contributed by atoms with E-state index in [-0.39, 0.29) is 18.9 Å². The minimum absolute atomic E-state index is 0.0181. The van der Waals surface area contributed by atoms with Crippen LogP contribution in [0.3, 0.4) is 0 Å². The lowest BCUT2D eigenvalue weighted by atomic mass is 9.79. The van der Waals surface area contributed by atoms with Gasteiger partial charge in [0.05, 0.1) is 24.2 Å². The van der Waals surface area contributed by atoms with Crippen LogP contribution in [0.2, 0.25) is 62.6 Å². The van der Waals surface area contributed by atoms with Crippen molar-refractivity contribution in [3.8, 4) is 23.0 Å². The van der Waals surface area contributed by atoms with Gasteiger partial charge in [0, 0.05) is 15.6 Å². The van der Waals surface area contributed by atoms with Gasteiger partial charge in [0.15, 0.2) is 0 Å². The number of para-hydroxylation sites is 4. The smallest absolute Gasteiger partial charge is 0.519 e. The van der Waals surface area contributed by atoms with Gasteiger partial charge in [-0.1, -0.05) is 112 Å². The molecule has 2 atom stereocenters. The molecule has 39 heavy (non-hydrogen) atoms. The number of benzene rings is 2. The van der Waals surface area contributed by atoms with Gasteiger partial charge >= 0.3 is 14.2 Å². The first-order valence-electron chi connectivity index (χ1n) is 14.0. The summed E-state index contributed by atoms with van der Waals surface area (Å²) in [6.45, 7) is 20.2. The summed E-state index contributed by atoms with van der Waals surface area (Å²) in [6.07, 6.45) is 12.3. The Morgan fingerprint density at radius 3 is 1.56 bits per heavy atom. The van der Waals surface area contributed by atoms with E-state index in [4.69, 9.17) is 18.6 Å². The molecule has 2 aromatic carbocycles. The molecule has 0 fully saturated rings. The molecular formula is C30H38B2O4Si3. The monoisotopic (exact) mass is 568 g/mol. The normalized spacial score (nSPS) is 23.8. The van der Waals surface area contributed by atoms with Gasteiger partial charge in [-0.15, -0.1) is 0 Å². The van der Waals surface area contributed by atoms with E-state index in [1.54, 1.807) is 5.20 Å². The zero-order chi connectivity index (χ0) is 27.8. The Kier molecular flexibility index (Phi) is 6.10. The fourth-order valence-corrected chi connectivity index (χ4v) is 23.0. The summed E-state index contributed by atoms with van der Waals surface area (Å²) in [4.78, 5) is 0. The highest BCUT2D eigenvalue weighted by molar-refractivity contribution is 7.05. The van der Waals surface area contributed by atoms with Gasteiger partial charge in [0.25, 0.3) is 0 Å². The molecule has 0 saturated carbocycles. The van der Waals surface area contributed by atoms with E-state index in [0.29, 0.717) is 5.54 Å². The van der Waals surface area contributed by atoms with Crippen LogP contribution in [0.25, 0.3) is 0 Å². The molecule has 9 heteroatoms. The minimum Gasteiger partial charge on any atom is -0.519 e. The van der Waals surface area contributed by atoms with Crippen LogP contribution in [-0.4, -0.2) is 38.5 Å². The molecular weight excluding hydrogens is 530 g/mol. The molecule has 0 bridgehead atoms. The van der Waals surface area contributed by atoms with Gasteiger partial charge < -0.3 is 18.6 Å². The maximum atomic E-state index is 6.29. The Hall–Kier alpha value is -2.62. The van der Waals surface area contributed by atoms with E-state index >= 15 is 0 Å². The van der Waals surface area contributed by atoms with Gasteiger partial charge in [-0.3, -0.25) is 0 Å². The van der Waals surface area contributed by atoms with Gasteiger partial charge in [0.2, 0.25) is 0 Å². The lowest BCUT2D eigenvalue weighted by Crippen LogP contribution is -2.56. The molecule has 0 radical (unpaired) electrons. The van der Waals surface area contributed by atoms with Crippen molar-refractivity contribution in [3.63, 3.8) is 0 Å². The van der Waals surface area contributed by atoms with Crippen molar-refractivity contribution in [1.29, 1.82) is 0 Å². The number of hydrogen-bond acceptors (Lipinski definition) is 4. The summed E-state index contributed by atoms with van der Waals surface area (Å²) < 4.78 is 25.1. The molecule has 0 saturated heterocycles. The second-order valence-corrected chi connectivity index (χ2v) is 29.7. The van der Waals surface area contributed by atoms with Crippen LogP contribution in [0.1, 0.15) is 0 Å². The Balaban J connectivity index is 1.38. The molecule has 2 aliphatic carbocycles. The zero-order valence-electron chi connectivity index (χ0n) is 24.4. The van der Waals surface area contributed by atoms with E-state index in [9.17, 15) is 0 Å². The van der Waals surface area contributed by atoms with Crippen molar-refractivity contribution < 1.29 is 18.6 Å². The van der Waals surface area contributed by atoms with Crippen LogP contribution in [0.15, 0.2) is 95.1 Å². The standard InChI is InChI=1S/C30H38B2O4Si3/c1-37(2,3)28-19-23(32-35-26-15-11-12-16-27(26)36-32)20-29(28)39(7,8)30(38(4,5)6)18-17-22(21-30)31-33-24-13-9-10-14-25(24)34-31/h9-21,28H,1-8H3. The maximum absolute atomic E-state index is 6.29. The summed E-state index contributed by atoms with van der Waals surface area (Å²) in [5, 5.41) is 1.63. The van der Waals surface area contributed by atoms with Crippen molar-refractivity contribution in [2.45, 2.75) is 62.6 Å². The third kappa shape index (κ3) is 4.24. The van der Waals surface area contributed by atoms with Crippen LogP contribution < -0.4 is 18.6 Å². The zero-order valence-corrected chi connectivity index (χ0v) is 27.4. The predicted molar refractivity (Wildman–Crippen MR) is 171 cm³/mol. The quantitative estimate of drug-likeness (QED) is 0.332. The Labute approximate surface area is 237 Å². The van der Waals surface area contributed by atoms with Crippen molar-refractivity contribution in [1.82, 2.24) is 0 Å². The molecule has 0 aromatic heterocycles. The van der Waals surface area contributed by atoms with Crippen molar-refractivity contribution >= 4 is 38.5 Å². The third-order valence-electron chi connectivity index (χ3n) is 9.06. The highest BCUT2D eigenvalue weighted by atomic mass is 28.4. The van der Waals surface area contributed by atoms with Crippen molar-refractivity contribution in [2.75, 3.05) is 0 Å². The topological polar surface area (TPSA) is 36.9 Å². The number of rotatable bonds is 6. The van der Waals surface area contributed by atoms with E-state index in [0.717, 1.165) is 28.5 Å². The molecule has 4 aliphatic rings. The first-order chi connectivity index (χ1) is 18.3. The number of allylic oxidation sites excluding steroid dienone is 8. The average Bonchev–Trinajstić information content (AvgIpc) is 3.65. The molecule has 2 aliphatic heterocycles. The van der Waals surface area contributed by atoms with Crippen LogP contribution in [-0.2, 0) is 0 Å². The third-order valence-corrected chi connectivity index (χ3v) is 22.9. The molecule has 4 nitrogen and oxygen atoms in total. The van der Waals surface area contributed by atoms with Gasteiger partial charge in [-0.2, -0.15) is 0 Å². The van der Waals surface area contributed by atoms with E-state index < -0.39 is 24.2 Å². The van der Waals surface area contributed by atoms with Crippen molar-refractivity contribution in [3.05, 3.63) is 95.1 Å². The maximum Gasteiger partial charge on any atom is 0.632 e. The lowest BCUT2D eigenvalue weighted by molar-refractivity contribution is 0.513. The highest BCUT2D eigenvalue weighted by Crippen LogP contribution is 2.59. The summed E-state index contributed by atoms with van der Waals surface area (Å²) in [5.74, 6) is 3.30. The molecule has 0 amide bonds. The first-order valence-corrected chi connectivity index (χ1v) is 24.1. The first kappa shape index (κ1) is 26.6. The number of fused-ring (bicyclic) bond motifs is 2. The fraction of sp³-hybridized carbons (Fsp3) is 0.333. The summed E-state index contributed by atoms with van der Waals surface area (Å²) in [5.41, 5.74) is 2.76. The largest absolute Gasteiger partial charge is 0.632 e. The molecule has 200 valence electrons. The second-order valence-electron chi connectivity index (χ2n) is 13.9. The molecule has 6 rings (SSSR count). The van der Waals surface area contributed by atoms with Crippen molar-refractivity contribution in [2.24, 2.45) is 0 Å². The van der Waals surface area contributed by atoms with Gasteiger partial charge in [-0.25, -0.2) is 0 Å². The Morgan fingerprint density at radius 1 is 0.667 bits per heavy atom. The Bertz CT molecular complexity index is 1400. The van der Waals surface area contributed by atoms with E-state index in [2.05, 4.69) is 82.8 Å². The summed E-state index contributed by atoms with van der Waals surface area (Å²) >= 11 is 0. The van der Waals surface area contributed by atoms with E-state index in [1.807, 2.05) is 48.5 Å². The van der Waals surface area contributed by atoms with Gasteiger partial charge in [0.1, 0.15) is 23.0 Å². The van der Waals surface area contributed by atoms with Gasteiger partial charge in [-0.05, 0) is 29.8 Å². The van der Waals surface area contributed by atoms with Crippen LogP contribution >= 0.6 is 0 Å². The molecule has 2 aromatic rings. The molecule has 0 spiro atoms. The average molecular weight is 569 g/mol. The molecule has 2 unspecified atom stereocenters. The van der Waals surface area contributed by atoms with Crippen LogP contribution in [0, 0.1) is 0 Å². The minimum atomic E-state index is -2.12. The summed E-state index contributed by atoms with van der Waals surface area (Å²) in [6, 6.07) is 15.9. The summed E-state index contributed by atoms with van der Waals surface area (Å²) in [7, 11) is -6.26. The molecule has 0 N–H and O–H groups in total. The van der Waals surface area contributed by atoms with E-state index in [1.165, 1.54) is 5.47 Å². The highest BCUT2D eigenvalue weighted by Gasteiger charge is 2.59. The molecule has 2 heterocycles. The lowest BCUT2D eigenvalue weighted by Gasteiger charge is -2.51. The predicted octanol–water partition coefficient (Wildman–Crippen LogP) is 7.92. The fourth-order valence-electron chi connectivity index (χ4n) is 6.87. The van der Waals surface area contributed by atoms with Crippen LogP contribution in [0.5, 0.6) is 23.0 Å². The number of hydrogen-bond donors (Lipinski definition) is 0. The van der Waals surface area contributed by atoms with Crippen LogP contribution in [0.4, 0.5) is 0 Å². The Morgan fingerprint density at radius 2 is 1.13 bits per heavy atom.